The highest BCUT2D eigenvalue weighted by Crippen LogP contribution is 2.50. The van der Waals surface area contributed by atoms with Crippen molar-refractivity contribution in [3.05, 3.63) is 35.9 Å². The molecule has 1 aromatic carbocycles. The Labute approximate surface area is 105 Å². The zero-order valence-electron chi connectivity index (χ0n) is 10.9. The first-order chi connectivity index (χ1) is 8.19. The van der Waals surface area contributed by atoms with Crippen LogP contribution in [-0.2, 0) is 0 Å². The van der Waals surface area contributed by atoms with Gasteiger partial charge in [0, 0.05) is 12.1 Å². The molecule has 3 rings (SSSR count). The van der Waals surface area contributed by atoms with Crippen LogP contribution in [0.3, 0.4) is 0 Å². The van der Waals surface area contributed by atoms with Gasteiger partial charge in [-0.25, -0.2) is 0 Å². The zero-order chi connectivity index (χ0) is 11.9. The normalized spacial score (nSPS) is 25.3. The van der Waals surface area contributed by atoms with Gasteiger partial charge in [0.15, 0.2) is 0 Å². The maximum Gasteiger partial charge on any atom is 0.0351 e. The highest BCUT2D eigenvalue weighted by molar-refractivity contribution is 5.21. The van der Waals surface area contributed by atoms with E-state index < -0.39 is 0 Å². The minimum Gasteiger partial charge on any atom is -0.307 e. The monoisotopic (exact) mass is 229 g/mol. The van der Waals surface area contributed by atoms with E-state index in [1.165, 1.54) is 31.2 Å². The molecule has 0 aliphatic heterocycles. The predicted octanol–water partition coefficient (Wildman–Crippen LogP) is 3.92. The Morgan fingerprint density at radius 3 is 2.35 bits per heavy atom. The van der Waals surface area contributed by atoms with Gasteiger partial charge in [-0.1, -0.05) is 37.3 Å². The summed E-state index contributed by atoms with van der Waals surface area (Å²) in [5.74, 6) is 0.877. The molecule has 0 spiro atoms. The molecule has 2 fully saturated rings. The molecule has 0 aromatic heterocycles. The summed E-state index contributed by atoms with van der Waals surface area (Å²) < 4.78 is 0. The van der Waals surface area contributed by atoms with Crippen molar-refractivity contribution in [2.45, 2.75) is 51.6 Å². The Morgan fingerprint density at radius 2 is 1.82 bits per heavy atom. The van der Waals surface area contributed by atoms with Crippen LogP contribution in [0.4, 0.5) is 0 Å². The molecule has 2 unspecified atom stereocenters. The Morgan fingerprint density at radius 1 is 1.18 bits per heavy atom. The standard InChI is InChI=1S/C16H23N/c1-12(16(2)10-11-16)17-15(14-8-9-14)13-6-4-3-5-7-13/h3-7,12,14-15,17H,8-11H2,1-2H3. The van der Waals surface area contributed by atoms with Crippen molar-refractivity contribution in [3.8, 4) is 0 Å². The van der Waals surface area contributed by atoms with Gasteiger partial charge in [0.1, 0.15) is 0 Å². The molecule has 2 aliphatic carbocycles. The summed E-state index contributed by atoms with van der Waals surface area (Å²) in [5.41, 5.74) is 2.05. The van der Waals surface area contributed by atoms with Crippen LogP contribution in [0.2, 0.25) is 0 Å². The molecule has 1 N–H and O–H groups in total. The SMILES string of the molecule is CC(NC(c1ccccc1)C1CC1)C1(C)CC1. The second-order valence-electron chi connectivity index (χ2n) is 6.27. The lowest BCUT2D eigenvalue weighted by molar-refractivity contribution is 0.323. The Kier molecular flexibility index (Phi) is 2.74. The largest absolute Gasteiger partial charge is 0.307 e. The first-order valence-corrected chi connectivity index (χ1v) is 7.00. The number of hydrogen-bond acceptors (Lipinski definition) is 1. The van der Waals surface area contributed by atoms with Gasteiger partial charge >= 0.3 is 0 Å². The molecular formula is C16H23N. The van der Waals surface area contributed by atoms with E-state index in [2.05, 4.69) is 49.5 Å². The summed E-state index contributed by atoms with van der Waals surface area (Å²) in [6.45, 7) is 4.78. The van der Waals surface area contributed by atoms with Crippen molar-refractivity contribution in [2.75, 3.05) is 0 Å². The van der Waals surface area contributed by atoms with Crippen molar-refractivity contribution in [1.29, 1.82) is 0 Å². The molecule has 2 aliphatic rings. The van der Waals surface area contributed by atoms with Crippen molar-refractivity contribution in [3.63, 3.8) is 0 Å². The zero-order valence-corrected chi connectivity index (χ0v) is 10.9. The average molecular weight is 229 g/mol. The molecule has 92 valence electrons. The van der Waals surface area contributed by atoms with E-state index in [0.717, 1.165) is 5.92 Å². The molecule has 2 saturated carbocycles. The van der Waals surface area contributed by atoms with Crippen LogP contribution >= 0.6 is 0 Å². The number of nitrogens with one attached hydrogen (secondary N) is 1. The quantitative estimate of drug-likeness (QED) is 0.807. The first-order valence-electron chi connectivity index (χ1n) is 7.00. The van der Waals surface area contributed by atoms with Crippen molar-refractivity contribution >= 4 is 0 Å². The van der Waals surface area contributed by atoms with Gasteiger partial charge in [0.05, 0.1) is 0 Å². The summed E-state index contributed by atoms with van der Waals surface area (Å²) in [7, 11) is 0. The molecule has 0 radical (unpaired) electrons. The lowest BCUT2D eigenvalue weighted by Gasteiger charge is -2.27. The summed E-state index contributed by atoms with van der Waals surface area (Å²) in [6.07, 6.45) is 5.59. The van der Waals surface area contributed by atoms with Crippen molar-refractivity contribution in [2.24, 2.45) is 11.3 Å². The highest BCUT2D eigenvalue weighted by Gasteiger charge is 2.44. The number of benzene rings is 1. The van der Waals surface area contributed by atoms with Crippen molar-refractivity contribution < 1.29 is 0 Å². The van der Waals surface area contributed by atoms with Crippen LogP contribution in [0.15, 0.2) is 30.3 Å². The number of rotatable bonds is 5. The minimum absolute atomic E-state index is 0.571. The van der Waals surface area contributed by atoms with Gasteiger partial charge in [0.2, 0.25) is 0 Å². The lowest BCUT2D eigenvalue weighted by Crippen LogP contribution is -2.37. The fourth-order valence-corrected chi connectivity index (χ4v) is 2.70. The molecule has 0 saturated heterocycles. The van der Waals surface area contributed by atoms with E-state index in [9.17, 15) is 0 Å². The van der Waals surface area contributed by atoms with E-state index in [-0.39, 0.29) is 0 Å². The Balaban J connectivity index is 1.72. The summed E-state index contributed by atoms with van der Waals surface area (Å²) >= 11 is 0. The van der Waals surface area contributed by atoms with Crippen LogP contribution in [0.5, 0.6) is 0 Å². The molecule has 17 heavy (non-hydrogen) atoms. The third-order valence-electron chi connectivity index (χ3n) is 4.77. The molecule has 0 amide bonds. The Bertz CT molecular complexity index is 376. The van der Waals surface area contributed by atoms with E-state index in [1.807, 2.05) is 0 Å². The van der Waals surface area contributed by atoms with Gasteiger partial charge in [0.25, 0.3) is 0 Å². The summed E-state index contributed by atoms with van der Waals surface area (Å²) in [6, 6.07) is 12.2. The van der Waals surface area contributed by atoms with Gasteiger partial charge in [-0.2, -0.15) is 0 Å². The second kappa shape index (κ2) is 4.13. The maximum atomic E-state index is 3.90. The van der Waals surface area contributed by atoms with E-state index in [0.29, 0.717) is 17.5 Å². The van der Waals surface area contributed by atoms with Crippen LogP contribution < -0.4 is 5.32 Å². The van der Waals surface area contributed by atoms with Gasteiger partial charge in [-0.05, 0) is 49.5 Å². The second-order valence-corrected chi connectivity index (χ2v) is 6.27. The highest BCUT2D eigenvalue weighted by atomic mass is 15.0. The van der Waals surface area contributed by atoms with Gasteiger partial charge < -0.3 is 5.32 Å². The predicted molar refractivity (Wildman–Crippen MR) is 71.8 cm³/mol. The van der Waals surface area contributed by atoms with Crippen LogP contribution in [0, 0.1) is 11.3 Å². The first kappa shape index (κ1) is 11.3. The Hall–Kier alpha value is -0.820. The molecule has 1 heteroatoms. The summed E-state index contributed by atoms with van der Waals surface area (Å²) in [4.78, 5) is 0. The topological polar surface area (TPSA) is 12.0 Å². The minimum atomic E-state index is 0.571. The van der Waals surface area contributed by atoms with E-state index in [1.54, 1.807) is 0 Å². The molecule has 0 bridgehead atoms. The van der Waals surface area contributed by atoms with E-state index in [4.69, 9.17) is 0 Å². The van der Waals surface area contributed by atoms with Gasteiger partial charge in [-0.15, -0.1) is 0 Å². The molecule has 2 atom stereocenters. The van der Waals surface area contributed by atoms with Crippen LogP contribution in [0.1, 0.15) is 51.1 Å². The fourth-order valence-electron chi connectivity index (χ4n) is 2.70. The smallest absolute Gasteiger partial charge is 0.0351 e. The third-order valence-corrected chi connectivity index (χ3v) is 4.77. The van der Waals surface area contributed by atoms with Gasteiger partial charge in [-0.3, -0.25) is 0 Å². The van der Waals surface area contributed by atoms with Crippen LogP contribution in [0.25, 0.3) is 0 Å². The maximum absolute atomic E-state index is 3.90. The fraction of sp³-hybridized carbons (Fsp3) is 0.625. The number of hydrogen-bond donors (Lipinski definition) is 1. The molecule has 1 nitrogen and oxygen atoms in total. The van der Waals surface area contributed by atoms with E-state index >= 15 is 0 Å². The lowest BCUT2D eigenvalue weighted by atomic mass is 9.96. The third kappa shape index (κ3) is 2.40. The molecule has 1 aromatic rings. The van der Waals surface area contributed by atoms with Crippen LogP contribution in [-0.4, -0.2) is 6.04 Å². The molecular weight excluding hydrogens is 206 g/mol. The molecule has 0 heterocycles. The van der Waals surface area contributed by atoms with Crippen molar-refractivity contribution in [1.82, 2.24) is 5.32 Å². The average Bonchev–Trinajstić information content (AvgIpc) is 3.23. The summed E-state index contributed by atoms with van der Waals surface area (Å²) in [5, 5.41) is 3.90.